The van der Waals surface area contributed by atoms with Crippen molar-refractivity contribution in [3.05, 3.63) is 169 Å². The van der Waals surface area contributed by atoms with Crippen molar-refractivity contribution < 1.29 is 0 Å². The summed E-state index contributed by atoms with van der Waals surface area (Å²) in [5.41, 5.74) is 21.1. The molecule has 0 saturated carbocycles. The van der Waals surface area contributed by atoms with E-state index in [2.05, 4.69) is 172 Å². The molecule has 0 amide bonds. The minimum Gasteiger partial charge on any atom is -0.0620 e. The van der Waals surface area contributed by atoms with Gasteiger partial charge in [0.15, 0.2) is 0 Å². The molecule has 9 aromatic rings. The van der Waals surface area contributed by atoms with Crippen LogP contribution >= 0.6 is 0 Å². The van der Waals surface area contributed by atoms with Gasteiger partial charge in [0.1, 0.15) is 0 Å². The highest BCUT2D eigenvalue weighted by Gasteiger charge is 2.32. The fourth-order valence-electron chi connectivity index (χ4n) is 9.35. The molecular weight excluding hydrogens is 601 g/mol. The summed E-state index contributed by atoms with van der Waals surface area (Å²) in [6.07, 6.45) is 0. The van der Waals surface area contributed by atoms with E-state index in [1.54, 1.807) is 0 Å². The van der Waals surface area contributed by atoms with E-state index in [4.69, 9.17) is 0 Å². The van der Waals surface area contributed by atoms with E-state index in [1.807, 2.05) is 0 Å². The number of hydrogen-bond donors (Lipinski definition) is 0. The number of benzene rings is 9. The van der Waals surface area contributed by atoms with E-state index in [1.165, 1.54) is 121 Å². The van der Waals surface area contributed by atoms with Gasteiger partial charge in [-0.1, -0.05) is 158 Å². The summed E-state index contributed by atoms with van der Waals surface area (Å²) in [5.74, 6) is 0. The first-order valence-corrected chi connectivity index (χ1v) is 17.6. The molecule has 2 aliphatic carbocycles. The van der Waals surface area contributed by atoms with E-state index in [0.29, 0.717) is 0 Å². The van der Waals surface area contributed by atoms with Crippen molar-refractivity contribution in [1.82, 2.24) is 0 Å². The Morgan fingerprint density at radius 2 is 0.560 bits per heavy atom. The molecule has 0 aromatic heterocycles. The highest BCUT2D eigenvalue weighted by Crippen LogP contribution is 2.59. The molecule has 0 saturated heterocycles. The van der Waals surface area contributed by atoms with Gasteiger partial charge < -0.3 is 0 Å². The second-order valence-corrected chi connectivity index (χ2v) is 14.0. The molecule has 0 unspecified atom stereocenters. The first kappa shape index (κ1) is 27.7. The molecule has 0 aliphatic heterocycles. The molecule has 0 fully saturated rings. The van der Waals surface area contributed by atoms with E-state index >= 15 is 0 Å². The van der Waals surface area contributed by atoms with Crippen LogP contribution < -0.4 is 0 Å². The summed E-state index contributed by atoms with van der Waals surface area (Å²) in [5, 5.41) is 7.95. The maximum Gasteiger partial charge on any atom is -0.000731 e. The van der Waals surface area contributed by atoms with E-state index in [-0.39, 0.29) is 0 Å². The van der Waals surface area contributed by atoms with Crippen molar-refractivity contribution in [3.8, 4) is 77.9 Å². The molecule has 0 bridgehead atoms. The molecule has 232 valence electrons. The third kappa shape index (κ3) is 3.55. The number of rotatable bonds is 3. The fourth-order valence-corrected chi connectivity index (χ4v) is 9.35. The first-order valence-electron chi connectivity index (χ1n) is 17.6. The van der Waals surface area contributed by atoms with Gasteiger partial charge in [-0.05, 0) is 135 Å². The van der Waals surface area contributed by atoms with E-state index < -0.39 is 0 Å². The van der Waals surface area contributed by atoms with Crippen LogP contribution in [0.4, 0.5) is 0 Å². The minimum atomic E-state index is 1.29. The van der Waals surface area contributed by atoms with Crippen molar-refractivity contribution in [1.29, 1.82) is 0 Å². The largest absolute Gasteiger partial charge is 0.0620 e. The highest BCUT2D eigenvalue weighted by atomic mass is 14.3. The van der Waals surface area contributed by atoms with Crippen LogP contribution in [0.25, 0.3) is 110 Å². The zero-order valence-corrected chi connectivity index (χ0v) is 28.0. The number of fused-ring (bicyclic) bond motifs is 7. The quantitative estimate of drug-likeness (QED) is 0.182. The maximum atomic E-state index is 2.42. The zero-order valence-electron chi connectivity index (χ0n) is 28.0. The molecule has 0 N–H and O–H groups in total. The van der Waals surface area contributed by atoms with Crippen molar-refractivity contribution >= 4 is 32.3 Å². The topological polar surface area (TPSA) is 0 Å². The minimum absolute atomic E-state index is 1.29. The third-order valence-electron chi connectivity index (χ3n) is 11.5. The summed E-state index contributed by atoms with van der Waals surface area (Å²) >= 11 is 0. The Kier molecular flexibility index (Phi) is 5.61. The van der Waals surface area contributed by atoms with Gasteiger partial charge >= 0.3 is 0 Å². The van der Waals surface area contributed by atoms with Crippen LogP contribution in [-0.2, 0) is 0 Å². The Labute approximate surface area is 291 Å². The second-order valence-electron chi connectivity index (χ2n) is 14.0. The molecule has 0 radical (unpaired) electrons. The summed E-state index contributed by atoms with van der Waals surface area (Å²) in [4.78, 5) is 0. The number of hydrogen-bond acceptors (Lipinski definition) is 0. The lowest BCUT2D eigenvalue weighted by Gasteiger charge is -2.22. The van der Waals surface area contributed by atoms with E-state index in [0.717, 1.165) is 0 Å². The standard InChI is InChI=1S/C50H32/c1-29-13-3-5-15-31(29)47-40-19-9-10-20-41(40)48(32-16-6-4-14-30(32)2)50-44-28-26-36(39-23-12-24-43(46(39)44)49(47)50)35-25-27-42-34-18-8-7-17-33(34)37-21-11-22-38(35)45(37)42/h3-28H,1-2H3. The second kappa shape index (κ2) is 10.1. The Bertz CT molecular complexity index is 2810. The fraction of sp³-hybridized carbons (Fsp3) is 0.0400. The van der Waals surface area contributed by atoms with E-state index in [9.17, 15) is 0 Å². The zero-order chi connectivity index (χ0) is 33.1. The van der Waals surface area contributed by atoms with Crippen molar-refractivity contribution in [3.63, 3.8) is 0 Å². The van der Waals surface area contributed by atoms with Crippen LogP contribution in [-0.4, -0.2) is 0 Å². The van der Waals surface area contributed by atoms with Gasteiger partial charge in [-0.2, -0.15) is 0 Å². The molecule has 9 aromatic carbocycles. The Morgan fingerprint density at radius 3 is 1.10 bits per heavy atom. The maximum absolute atomic E-state index is 2.42. The van der Waals surface area contributed by atoms with Crippen LogP contribution in [0.1, 0.15) is 11.1 Å². The lowest BCUT2D eigenvalue weighted by atomic mass is 9.81. The van der Waals surface area contributed by atoms with Crippen LogP contribution in [0.3, 0.4) is 0 Å². The Hall–Kier alpha value is -6.24. The SMILES string of the molecule is Cc1ccccc1-c1c2c(c(-c3ccccc3C)c3ccccc13)-c1ccc(-c3ccc4c5c(cccc35)-c3ccccc3-4)c3cccc-2c13. The van der Waals surface area contributed by atoms with Gasteiger partial charge in [0, 0.05) is 0 Å². The lowest BCUT2D eigenvalue weighted by Crippen LogP contribution is -1.95. The summed E-state index contributed by atoms with van der Waals surface area (Å²) in [6.45, 7) is 4.50. The van der Waals surface area contributed by atoms with Crippen molar-refractivity contribution in [2.45, 2.75) is 13.8 Å². The predicted molar refractivity (Wildman–Crippen MR) is 214 cm³/mol. The molecule has 2 aliphatic rings. The van der Waals surface area contributed by atoms with Crippen LogP contribution in [0, 0.1) is 13.8 Å². The average molecular weight is 633 g/mol. The smallest absolute Gasteiger partial charge is 0.000731 e. The van der Waals surface area contributed by atoms with Gasteiger partial charge in [0.25, 0.3) is 0 Å². The van der Waals surface area contributed by atoms with Gasteiger partial charge in [0.05, 0.1) is 0 Å². The molecule has 0 nitrogen and oxygen atoms in total. The molecule has 50 heavy (non-hydrogen) atoms. The number of aryl methyl sites for hydroxylation is 2. The lowest BCUT2D eigenvalue weighted by molar-refractivity contribution is 1.46. The van der Waals surface area contributed by atoms with Crippen LogP contribution in [0.2, 0.25) is 0 Å². The highest BCUT2D eigenvalue weighted by molar-refractivity contribution is 6.30. The van der Waals surface area contributed by atoms with Crippen LogP contribution in [0.5, 0.6) is 0 Å². The summed E-state index contributed by atoms with van der Waals surface area (Å²) < 4.78 is 0. The Morgan fingerprint density at radius 1 is 0.220 bits per heavy atom. The molecule has 0 spiro atoms. The normalized spacial score (nSPS) is 12.2. The van der Waals surface area contributed by atoms with Crippen molar-refractivity contribution in [2.75, 3.05) is 0 Å². The van der Waals surface area contributed by atoms with Gasteiger partial charge in [-0.3, -0.25) is 0 Å². The average Bonchev–Trinajstić information content (AvgIpc) is 3.67. The monoisotopic (exact) mass is 632 g/mol. The van der Waals surface area contributed by atoms with Gasteiger partial charge in [0.2, 0.25) is 0 Å². The molecular formula is C50H32. The van der Waals surface area contributed by atoms with Gasteiger partial charge in [-0.15, -0.1) is 0 Å². The molecule has 0 atom stereocenters. The molecule has 0 heteroatoms. The van der Waals surface area contributed by atoms with Crippen LogP contribution in [0.15, 0.2) is 158 Å². The Balaban J connectivity index is 1.27. The first-order chi connectivity index (χ1) is 24.7. The summed E-state index contributed by atoms with van der Waals surface area (Å²) in [6, 6.07) is 59.1. The van der Waals surface area contributed by atoms with Crippen molar-refractivity contribution in [2.24, 2.45) is 0 Å². The predicted octanol–water partition coefficient (Wildman–Crippen LogP) is 14.1. The van der Waals surface area contributed by atoms with Gasteiger partial charge in [-0.25, -0.2) is 0 Å². The molecule has 0 heterocycles. The third-order valence-corrected chi connectivity index (χ3v) is 11.5. The summed E-state index contributed by atoms with van der Waals surface area (Å²) in [7, 11) is 0. The molecule has 11 rings (SSSR count).